The van der Waals surface area contributed by atoms with Crippen LogP contribution in [-0.4, -0.2) is 39.4 Å². The molecule has 1 saturated heterocycles. The summed E-state index contributed by atoms with van der Waals surface area (Å²) in [4.78, 5) is -0.149. The highest BCUT2D eigenvalue weighted by Crippen LogP contribution is 2.28. The van der Waals surface area contributed by atoms with Crippen LogP contribution >= 0.6 is 11.6 Å². The number of hydrogen-bond donors (Lipinski definition) is 1. The summed E-state index contributed by atoms with van der Waals surface area (Å²) in [6.45, 7) is 1.66. The largest absolute Gasteiger partial charge is 0.319 e. The van der Waals surface area contributed by atoms with Gasteiger partial charge in [0.15, 0.2) is 0 Å². The average molecular weight is 321 g/mol. The molecule has 1 unspecified atom stereocenters. The van der Waals surface area contributed by atoms with Crippen molar-refractivity contribution in [2.24, 2.45) is 5.92 Å². The van der Waals surface area contributed by atoms with Crippen molar-refractivity contribution in [2.75, 3.05) is 26.7 Å². The highest BCUT2D eigenvalue weighted by Gasteiger charge is 2.31. The first-order valence-corrected chi connectivity index (χ1v) is 8.36. The quantitative estimate of drug-likeness (QED) is 0.924. The van der Waals surface area contributed by atoms with Crippen molar-refractivity contribution in [3.63, 3.8) is 0 Å². The molecule has 1 N–H and O–H groups in total. The lowest BCUT2D eigenvalue weighted by Gasteiger charge is -2.32. The van der Waals surface area contributed by atoms with Crippen LogP contribution in [0, 0.1) is 11.7 Å². The molecule has 20 heavy (non-hydrogen) atoms. The maximum atomic E-state index is 13.3. The van der Waals surface area contributed by atoms with E-state index in [1.165, 1.54) is 10.4 Å². The molecule has 112 valence electrons. The first-order chi connectivity index (χ1) is 9.45. The summed E-state index contributed by atoms with van der Waals surface area (Å²) in [7, 11) is -1.89. The summed E-state index contributed by atoms with van der Waals surface area (Å²) in [5.41, 5.74) is 0. The zero-order valence-electron chi connectivity index (χ0n) is 11.3. The van der Waals surface area contributed by atoms with Crippen molar-refractivity contribution in [1.29, 1.82) is 0 Å². The van der Waals surface area contributed by atoms with Gasteiger partial charge in [-0.2, -0.15) is 4.31 Å². The molecule has 1 atom stereocenters. The standard InChI is InChI=1S/C13H18ClFN2O2S/c1-16-8-10-3-2-6-17(9-10)20(18,19)13-7-11(15)4-5-12(13)14/h4-5,7,10,16H,2-3,6,8-9H2,1H3. The Balaban J connectivity index is 2.27. The van der Waals surface area contributed by atoms with Crippen LogP contribution in [0.2, 0.25) is 5.02 Å². The summed E-state index contributed by atoms with van der Waals surface area (Å²) in [5.74, 6) is -0.326. The van der Waals surface area contributed by atoms with Crippen LogP contribution in [0.15, 0.2) is 23.1 Å². The van der Waals surface area contributed by atoms with Gasteiger partial charge in [0.2, 0.25) is 10.0 Å². The minimum absolute atomic E-state index is 0.0575. The maximum absolute atomic E-state index is 13.3. The third-order valence-electron chi connectivity index (χ3n) is 3.49. The van der Waals surface area contributed by atoms with E-state index in [0.717, 1.165) is 31.5 Å². The van der Waals surface area contributed by atoms with Crippen molar-refractivity contribution >= 4 is 21.6 Å². The monoisotopic (exact) mass is 320 g/mol. The van der Waals surface area contributed by atoms with Gasteiger partial charge in [0.05, 0.1) is 5.02 Å². The van der Waals surface area contributed by atoms with Gasteiger partial charge in [0.25, 0.3) is 0 Å². The molecule has 4 nitrogen and oxygen atoms in total. The lowest BCUT2D eigenvalue weighted by Crippen LogP contribution is -2.42. The second-order valence-corrected chi connectivity index (χ2v) is 7.32. The summed E-state index contributed by atoms with van der Waals surface area (Å²) < 4.78 is 39.8. The highest BCUT2D eigenvalue weighted by atomic mass is 35.5. The Morgan fingerprint density at radius 1 is 1.50 bits per heavy atom. The van der Waals surface area contributed by atoms with Gasteiger partial charge >= 0.3 is 0 Å². The number of nitrogens with zero attached hydrogens (tertiary/aromatic N) is 1. The molecule has 0 saturated carbocycles. The third kappa shape index (κ3) is 3.31. The molecule has 0 amide bonds. The molecule has 0 aliphatic carbocycles. The zero-order chi connectivity index (χ0) is 14.8. The van der Waals surface area contributed by atoms with Gasteiger partial charge in [-0.3, -0.25) is 0 Å². The fourth-order valence-electron chi connectivity index (χ4n) is 2.51. The van der Waals surface area contributed by atoms with Crippen molar-refractivity contribution < 1.29 is 12.8 Å². The van der Waals surface area contributed by atoms with E-state index in [0.29, 0.717) is 13.1 Å². The molecule has 1 fully saturated rings. The predicted molar refractivity (Wildman–Crippen MR) is 76.8 cm³/mol. The fraction of sp³-hybridized carbons (Fsp3) is 0.538. The van der Waals surface area contributed by atoms with E-state index in [1.807, 2.05) is 7.05 Å². The smallest absolute Gasteiger partial charge is 0.244 e. The third-order valence-corrected chi connectivity index (χ3v) is 5.83. The van der Waals surface area contributed by atoms with Gasteiger partial charge in [0.1, 0.15) is 10.7 Å². The molecule has 1 aliphatic rings. The molecule has 1 aliphatic heterocycles. The molecule has 0 spiro atoms. The van der Waals surface area contributed by atoms with E-state index >= 15 is 0 Å². The molecule has 0 aromatic heterocycles. The Bertz CT molecular complexity index is 578. The lowest BCUT2D eigenvalue weighted by molar-refractivity contribution is 0.263. The SMILES string of the molecule is CNCC1CCCN(S(=O)(=O)c2cc(F)ccc2Cl)C1. The van der Waals surface area contributed by atoms with Gasteiger partial charge in [-0.1, -0.05) is 11.6 Å². The van der Waals surface area contributed by atoms with Crippen LogP contribution in [0.3, 0.4) is 0 Å². The maximum Gasteiger partial charge on any atom is 0.244 e. The van der Waals surface area contributed by atoms with Crippen LogP contribution in [0.25, 0.3) is 0 Å². The van der Waals surface area contributed by atoms with Crippen LogP contribution in [-0.2, 0) is 10.0 Å². The molecule has 7 heteroatoms. The molecule has 0 radical (unpaired) electrons. The van der Waals surface area contributed by atoms with Gasteiger partial charge in [-0.05, 0) is 50.6 Å². The highest BCUT2D eigenvalue weighted by molar-refractivity contribution is 7.89. The molecular weight excluding hydrogens is 303 g/mol. The molecule has 2 rings (SSSR count). The minimum Gasteiger partial charge on any atom is -0.319 e. The van der Waals surface area contributed by atoms with E-state index in [2.05, 4.69) is 5.32 Å². The Labute approximate surface area is 124 Å². The number of sulfonamides is 1. The number of piperidine rings is 1. The van der Waals surface area contributed by atoms with Crippen molar-refractivity contribution in [1.82, 2.24) is 9.62 Å². The summed E-state index contributed by atoms with van der Waals surface area (Å²) in [5, 5.41) is 3.12. The summed E-state index contributed by atoms with van der Waals surface area (Å²) in [6, 6.07) is 3.42. The zero-order valence-corrected chi connectivity index (χ0v) is 12.8. The second-order valence-electron chi connectivity index (χ2n) is 5.00. The number of rotatable bonds is 4. The summed E-state index contributed by atoms with van der Waals surface area (Å²) in [6.07, 6.45) is 1.79. The normalized spacial score (nSPS) is 21.1. The Kier molecular flexibility index (Phi) is 5.01. The van der Waals surface area contributed by atoms with Gasteiger partial charge < -0.3 is 5.32 Å². The van der Waals surface area contributed by atoms with Gasteiger partial charge in [-0.15, -0.1) is 0 Å². The Hall–Kier alpha value is -0.690. The lowest BCUT2D eigenvalue weighted by atomic mass is 10.00. The van der Waals surface area contributed by atoms with Crippen LogP contribution in [0.1, 0.15) is 12.8 Å². The molecule has 0 bridgehead atoms. The molecular formula is C13H18ClFN2O2S. The van der Waals surface area contributed by atoms with Crippen LogP contribution in [0.5, 0.6) is 0 Å². The van der Waals surface area contributed by atoms with Crippen molar-refractivity contribution in [3.05, 3.63) is 29.0 Å². The average Bonchev–Trinajstić information content (AvgIpc) is 2.42. The fourth-order valence-corrected chi connectivity index (χ4v) is 4.56. The van der Waals surface area contributed by atoms with E-state index in [4.69, 9.17) is 11.6 Å². The van der Waals surface area contributed by atoms with Gasteiger partial charge in [-0.25, -0.2) is 12.8 Å². The first kappa shape index (κ1) is 15.7. The van der Waals surface area contributed by atoms with Gasteiger partial charge in [0, 0.05) is 13.1 Å². The van der Waals surface area contributed by atoms with E-state index in [9.17, 15) is 12.8 Å². The predicted octanol–water partition coefficient (Wildman–Crippen LogP) is 2.10. The summed E-state index contributed by atoms with van der Waals surface area (Å²) >= 11 is 5.91. The van der Waals surface area contributed by atoms with Crippen LogP contribution in [0.4, 0.5) is 4.39 Å². The minimum atomic E-state index is -3.73. The Morgan fingerprint density at radius 2 is 2.25 bits per heavy atom. The van der Waals surface area contributed by atoms with E-state index < -0.39 is 15.8 Å². The first-order valence-electron chi connectivity index (χ1n) is 6.55. The number of halogens is 2. The van der Waals surface area contributed by atoms with E-state index in [-0.39, 0.29) is 15.8 Å². The topological polar surface area (TPSA) is 49.4 Å². The molecule has 1 heterocycles. The Morgan fingerprint density at radius 3 is 2.95 bits per heavy atom. The number of hydrogen-bond acceptors (Lipinski definition) is 3. The van der Waals surface area contributed by atoms with Crippen molar-refractivity contribution in [3.8, 4) is 0 Å². The van der Waals surface area contributed by atoms with Crippen molar-refractivity contribution in [2.45, 2.75) is 17.7 Å². The van der Waals surface area contributed by atoms with E-state index in [1.54, 1.807) is 0 Å². The number of benzene rings is 1. The second kappa shape index (κ2) is 6.39. The molecule has 1 aromatic rings. The van der Waals surface area contributed by atoms with Crippen LogP contribution < -0.4 is 5.32 Å². The number of nitrogens with one attached hydrogen (secondary N) is 1. The molecule has 1 aromatic carbocycles.